The van der Waals surface area contributed by atoms with Gasteiger partial charge in [0.25, 0.3) is 0 Å². The number of phenolic OH excluding ortho intramolecular Hbond substituents is 1. The zero-order chi connectivity index (χ0) is 17.5. The van der Waals surface area contributed by atoms with Crippen molar-refractivity contribution < 1.29 is 9.90 Å². The van der Waals surface area contributed by atoms with Gasteiger partial charge in [-0.05, 0) is 49.6 Å². The normalized spacial score (nSPS) is 11.0. The van der Waals surface area contributed by atoms with Crippen LogP contribution in [0.25, 0.3) is 0 Å². The van der Waals surface area contributed by atoms with E-state index < -0.39 is 0 Å². The van der Waals surface area contributed by atoms with E-state index in [0.29, 0.717) is 11.3 Å². The maximum atomic E-state index is 11.8. The van der Waals surface area contributed by atoms with Crippen LogP contribution in [0.15, 0.2) is 41.5 Å². The number of aromatic hydroxyl groups is 1. The summed E-state index contributed by atoms with van der Waals surface area (Å²) in [6.45, 7) is 6.30. The molecule has 0 aliphatic rings. The second-order valence-corrected chi connectivity index (χ2v) is 6.71. The molecular weight excluding hydrogens is 320 g/mol. The van der Waals surface area contributed by atoms with Crippen LogP contribution in [0, 0.1) is 20.8 Å². The molecule has 24 heavy (non-hydrogen) atoms. The molecule has 0 aromatic heterocycles. The molecule has 0 aliphatic carbocycles. The van der Waals surface area contributed by atoms with Crippen LogP contribution in [-0.2, 0) is 10.5 Å². The number of rotatable bonds is 6. The zero-order valence-electron chi connectivity index (χ0n) is 14.2. The lowest BCUT2D eigenvalue weighted by Gasteiger charge is -2.10. The summed E-state index contributed by atoms with van der Waals surface area (Å²) in [5.41, 5.74) is 8.12. The van der Waals surface area contributed by atoms with Gasteiger partial charge in [0.1, 0.15) is 5.75 Å². The smallest absolute Gasteiger partial charge is 0.250 e. The summed E-state index contributed by atoms with van der Waals surface area (Å²) < 4.78 is 0. The number of carbonyl (C=O) groups is 1. The minimum atomic E-state index is -0.158. The number of phenols is 1. The molecule has 2 N–H and O–H groups in total. The highest BCUT2D eigenvalue weighted by atomic mass is 32.2. The largest absolute Gasteiger partial charge is 0.507 e. The number of amides is 1. The van der Waals surface area contributed by atoms with E-state index in [4.69, 9.17) is 0 Å². The van der Waals surface area contributed by atoms with Gasteiger partial charge in [0.15, 0.2) is 0 Å². The van der Waals surface area contributed by atoms with Crippen molar-refractivity contribution in [1.82, 2.24) is 5.43 Å². The molecule has 0 spiro atoms. The second kappa shape index (κ2) is 8.55. The highest BCUT2D eigenvalue weighted by molar-refractivity contribution is 7.99. The van der Waals surface area contributed by atoms with Gasteiger partial charge in [0, 0.05) is 11.3 Å². The van der Waals surface area contributed by atoms with Gasteiger partial charge in [0.2, 0.25) is 5.91 Å². The lowest BCUT2D eigenvalue weighted by atomic mass is 10.0. The Bertz CT molecular complexity index is 734. The molecule has 0 saturated heterocycles. The van der Waals surface area contributed by atoms with Crippen LogP contribution in [0.3, 0.4) is 0 Å². The predicted octanol–water partition coefficient (Wildman–Crippen LogP) is 3.70. The van der Waals surface area contributed by atoms with E-state index in [-0.39, 0.29) is 11.7 Å². The molecule has 0 saturated carbocycles. The van der Waals surface area contributed by atoms with Crippen molar-refractivity contribution in [3.05, 3.63) is 64.2 Å². The van der Waals surface area contributed by atoms with Gasteiger partial charge in [-0.25, -0.2) is 5.43 Å². The topological polar surface area (TPSA) is 61.7 Å². The van der Waals surface area contributed by atoms with E-state index in [2.05, 4.69) is 43.4 Å². The van der Waals surface area contributed by atoms with Gasteiger partial charge in [-0.3, -0.25) is 4.79 Å². The minimum Gasteiger partial charge on any atom is -0.507 e. The van der Waals surface area contributed by atoms with Crippen molar-refractivity contribution in [1.29, 1.82) is 0 Å². The summed E-state index contributed by atoms with van der Waals surface area (Å²) in [4.78, 5) is 11.8. The molecule has 0 fully saturated rings. The molecule has 4 nitrogen and oxygen atoms in total. The van der Waals surface area contributed by atoms with Gasteiger partial charge in [-0.1, -0.05) is 29.8 Å². The molecule has 0 heterocycles. The molecular formula is C19H22N2O2S. The van der Waals surface area contributed by atoms with E-state index in [0.717, 1.165) is 5.75 Å². The molecule has 0 bridgehead atoms. The first kappa shape index (κ1) is 18.1. The summed E-state index contributed by atoms with van der Waals surface area (Å²) in [5.74, 6) is 1.11. The number of hydrogen-bond acceptors (Lipinski definition) is 4. The average Bonchev–Trinajstić information content (AvgIpc) is 2.51. The molecule has 0 aliphatic heterocycles. The molecule has 5 heteroatoms. The van der Waals surface area contributed by atoms with Gasteiger partial charge in [-0.15, -0.1) is 11.8 Å². The lowest BCUT2D eigenvalue weighted by molar-refractivity contribution is -0.118. The average molecular weight is 342 g/mol. The Balaban J connectivity index is 1.81. The third kappa shape index (κ3) is 5.13. The Morgan fingerprint density at radius 2 is 1.88 bits per heavy atom. The maximum Gasteiger partial charge on any atom is 0.250 e. The first-order valence-corrected chi connectivity index (χ1v) is 8.87. The fourth-order valence-corrected chi connectivity index (χ4v) is 3.50. The van der Waals surface area contributed by atoms with Gasteiger partial charge in [-0.2, -0.15) is 5.10 Å². The number of thioether (sulfide) groups is 1. The SMILES string of the molecule is Cc1cc(C)c(CSCC(=O)N/N=C/c2ccccc2O)c(C)c1. The Morgan fingerprint density at radius 1 is 1.21 bits per heavy atom. The van der Waals surface area contributed by atoms with E-state index in [1.165, 1.54) is 28.5 Å². The van der Waals surface area contributed by atoms with Crippen molar-refractivity contribution >= 4 is 23.9 Å². The molecule has 0 atom stereocenters. The van der Waals surface area contributed by atoms with Crippen molar-refractivity contribution in [2.75, 3.05) is 5.75 Å². The Morgan fingerprint density at radius 3 is 2.54 bits per heavy atom. The summed E-state index contributed by atoms with van der Waals surface area (Å²) in [6, 6.07) is 11.2. The number of para-hydroxylation sites is 1. The summed E-state index contributed by atoms with van der Waals surface area (Å²) >= 11 is 1.56. The summed E-state index contributed by atoms with van der Waals surface area (Å²) in [6.07, 6.45) is 1.44. The van der Waals surface area contributed by atoms with Gasteiger partial charge in [0.05, 0.1) is 12.0 Å². The molecule has 0 radical (unpaired) electrons. The van der Waals surface area contributed by atoms with Crippen molar-refractivity contribution in [2.45, 2.75) is 26.5 Å². The third-order valence-corrected chi connectivity index (χ3v) is 4.61. The van der Waals surface area contributed by atoms with Crippen LogP contribution in [0.4, 0.5) is 0 Å². The number of nitrogens with one attached hydrogen (secondary N) is 1. The van der Waals surface area contributed by atoms with E-state index >= 15 is 0 Å². The summed E-state index contributed by atoms with van der Waals surface area (Å²) in [5, 5.41) is 13.5. The van der Waals surface area contributed by atoms with Crippen LogP contribution in [-0.4, -0.2) is 23.0 Å². The fraction of sp³-hybridized carbons (Fsp3) is 0.263. The predicted molar refractivity (Wildman–Crippen MR) is 101 cm³/mol. The minimum absolute atomic E-state index is 0.134. The zero-order valence-corrected chi connectivity index (χ0v) is 15.0. The van der Waals surface area contributed by atoms with Crippen LogP contribution in [0.5, 0.6) is 5.75 Å². The Hall–Kier alpha value is -2.27. The monoisotopic (exact) mass is 342 g/mol. The number of carbonyl (C=O) groups excluding carboxylic acids is 1. The Labute approximate surface area is 147 Å². The first-order valence-electron chi connectivity index (χ1n) is 7.71. The van der Waals surface area contributed by atoms with Crippen molar-refractivity contribution in [3.63, 3.8) is 0 Å². The fourth-order valence-electron chi connectivity index (χ4n) is 2.49. The number of benzene rings is 2. The number of hydrogen-bond donors (Lipinski definition) is 2. The molecule has 2 rings (SSSR count). The quantitative estimate of drug-likeness (QED) is 0.621. The van der Waals surface area contributed by atoms with E-state index in [1.54, 1.807) is 36.0 Å². The Kier molecular flexibility index (Phi) is 6.44. The highest BCUT2D eigenvalue weighted by Crippen LogP contribution is 2.21. The van der Waals surface area contributed by atoms with Crippen LogP contribution < -0.4 is 5.43 Å². The van der Waals surface area contributed by atoms with Gasteiger partial charge >= 0.3 is 0 Å². The number of hydrazone groups is 1. The molecule has 126 valence electrons. The lowest BCUT2D eigenvalue weighted by Crippen LogP contribution is -2.19. The van der Waals surface area contributed by atoms with Crippen molar-refractivity contribution in [2.24, 2.45) is 5.10 Å². The second-order valence-electron chi connectivity index (χ2n) is 5.72. The molecule has 2 aromatic carbocycles. The van der Waals surface area contributed by atoms with Crippen LogP contribution in [0.2, 0.25) is 0 Å². The van der Waals surface area contributed by atoms with Crippen LogP contribution in [0.1, 0.15) is 27.8 Å². The van der Waals surface area contributed by atoms with Crippen molar-refractivity contribution in [3.8, 4) is 5.75 Å². The molecule has 2 aromatic rings. The van der Waals surface area contributed by atoms with Crippen LogP contribution >= 0.6 is 11.8 Å². The van der Waals surface area contributed by atoms with E-state index in [1.807, 2.05) is 0 Å². The van der Waals surface area contributed by atoms with E-state index in [9.17, 15) is 9.90 Å². The highest BCUT2D eigenvalue weighted by Gasteiger charge is 2.06. The van der Waals surface area contributed by atoms with Gasteiger partial charge < -0.3 is 5.11 Å². The third-order valence-electron chi connectivity index (χ3n) is 3.65. The summed E-state index contributed by atoms with van der Waals surface area (Å²) in [7, 11) is 0. The number of aryl methyl sites for hydroxylation is 3. The number of nitrogens with zero attached hydrogens (tertiary/aromatic N) is 1. The molecule has 1 amide bonds. The maximum absolute atomic E-state index is 11.8. The first-order chi connectivity index (χ1) is 11.5. The standard InChI is InChI=1S/C19H22N2O2S/c1-13-8-14(2)17(15(3)9-13)11-24-12-19(23)21-20-10-16-6-4-5-7-18(16)22/h4-10,22H,11-12H2,1-3H3,(H,21,23)/b20-10+. The molecule has 0 unspecified atom stereocenters.